The van der Waals surface area contributed by atoms with E-state index >= 15 is 0 Å². The molecule has 3 heteroatoms. The van der Waals surface area contributed by atoms with Gasteiger partial charge in [0, 0.05) is 37.0 Å². The fourth-order valence-electron chi connectivity index (χ4n) is 1.83. The lowest BCUT2D eigenvalue weighted by molar-refractivity contribution is 0.186. The number of hydrogen-bond donors (Lipinski definition) is 1. The molecule has 0 aliphatic rings. The molecule has 2 rings (SSSR count). The second kappa shape index (κ2) is 3.35. The van der Waals surface area contributed by atoms with Gasteiger partial charge in [-0.05, 0) is 12.1 Å². The van der Waals surface area contributed by atoms with Crippen molar-refractivity contribution >= 4 is 16.6 Å². The average molecular weight is 190 g/mol. The van der Waals surface area contributed by atoms with E-state index in [2.05, 4.69) is 16.8 Å². The molecule has 0 fully saturated rings. The Morgan fingerprint density at radius 3 is 2.93 bits per heavy atom. The van der Waals surface area contributed by atoms with Gasteiger partial charge in [0.2, 0.25) is 0 Å². The highest BCUT2D eigenvalue weighted by molar-refractivity contribution is 5.94. The van der Waals surface area contributed by atoms with E-state index in [9.17, 15) is 0 Å². The number of aryl methyl sites for hydroxylation is 1. The van der Waals surface area contributed by atoms with Crippen LogP contribution in [0.5, 0.6) is 0 Å². The Hall–Kier alpha value is -1.48. The van der Waals surface area contributed by atoms with Crippen LogP contribution in [0.2, 0.25) is 0 Å². The predicted molar refractivity (Wildman–Crippen MR) is 58.0 cm³/mol. The lowest BCUT2D eigenvalue weighted by atomic mass is 10.1. The third-order valence-electron chi connectivity index (χ3n) is 2.43. The van der Waals surface area contributed by atoms with Gasteiger partial charge >= 0.3 is 0 Å². The van der Waals surface area contributed by atoms with Crippen molar-refractivity contribution in [1.29, 1.82) is 0 Å². The molecule has 0 bridgehead atoms. The van der Waals surface area contributed by atoms with Gasteiger partial charge in [-0.3, -0.25) is 0 Å². The van der Waals surface area contributed by atoms with Crippen LogP contribution in [-0.2, 0) is 18.4 Å². The maximum atomic E-state index is 5.93. The van der Waals surface area contributed by atoms with Gasteiger partial charge in [-0.25, -0.2) is 0 Å². The van der Waals surface area contributed by atoms with Gasteiger partial charge < -0.3 is 15.0 Å². The van der Waals surface area contributed by atoms with Crippen molar-refractivity contribution in [3.63, 3.8) is 0 Å². The van der Waals surface area contributed by atoms with Crippen LogP contribution in [0.3, 0.4) is 0 Å². The molecule has 0 aliphatic carbocycles. The van der Waals surface area contributed by atoms with E-state index in [1.165, 1.54) is 0 Å². The third-order valence-corrected chi connectivity index (χ3v) is 2.43. The molecule has 14 heavy (non-hydrogen) atoms. The molecule has 0 atom stereocenters. The Bertz CT molecular complexity index is 460. The molecule has 2 aromatic rings. The summed E-state index contributed by atoms with van der Waals surface area (Å²) in [6.07, 6.45) is 2.06. The lowest BCUT2D eigenvalue weighted by Gasteiger charge is -2.00. The topological polar surface area (TPSA) is 40.2 Å². The maximum Gasteiger partial charge on any atom is 0.0734 e. The molecule has 0 spiro atoms. The molecule has 1 aromatic heterocycles. The van der Waals surface area contributed by atoms with Gasteiger partial charge in [-0.15, -0.1) is 0 Å². The first-order chi connectivity index (χ1) is 6.74. The second-order valence-corrected chi connectivity index (χ2v) is 3.44. The van der Waals surface area contributed by atoms with E-state index < -0.39 is 0 Å². The summed E-state index contributed by atoms with van der Waals surface area (Å²) in [6, 6.07) is 5.95. The molecule has 1 heterocycles. The highest BCUT2D eigenvalue weighted by atomic mass is 16.5. The van der Waals surface area contributed by atoms with Crippen molar-refractivity contribution in [1.82, 2.24) is 4.57 Å². The number of methoxy groups -OCH3 is 1. The number of anilines is 1. The average Bonchev–Trinajstić information content (AvgIpc) is 2.46. The zero-order valence-electron chi connectivity index (χ0n) is 8.45. The van der Waals surface area contributed by atoms with E-state index in [1.807, 2.05) is 19.2 Å². The summed E-state index contributed by atoms with van der Waals surface area (Å²) in [4.78, 5) is 0. The van der Waals surface area contributed by atoms with Crippen molar-refractivity contribution in [3.8, 4) is 0 Å². The summed E-state index contributed by atoms with van der Waals surface area (Å²) in [5.41, 5.74) is 9.04. The first-order valence-corrected chi connectivity index (χ1v) is 4.55. The lowest BCUT2D eigenvalue weighted by Crippen LogP contribution is -1.89. The molecule has 0 radical (unpaired) electrons. The van der Waals surface area contributed by atoms with Gasteiger partial charge in [-0.2, -0.15) is 0 Å². The summed E-state index contributed by atoms with van der Waals surface area (Å²) >= 11 is 0. The Morgan fingerprint density at radius 1 is 1.43 bits per heavy atom. The highest BCUT2D eigenvalue weighted by Gasteiger charge is 2.08. The van der Waals surface area contributed by atoms with Crippen molar-refractivity contribution < 1.29 is 4.74 Å². The fraction of sp³-hybridized carbons (Fsp3) is 0.273. The van der Waals surface area contributed by atoms with Crippen LogP contribution in [0.1, 0.15) is 5.56 Å². The number of ether oxygens (including phenoxy) is 1. The van der Waals surface area contributed by atoms with Crippen LogP contribution in [0.15, 0.2) is 24.4 Å². The fourth-order valence-corrected chi connectivity index (χ4v) is 1.83. The van der Waals surface area contributed by atoms with Gasteiger partial charge in [0.15, 0.2) is 0 Å². The molecule has 0 saturated heterocycles. The number of rotatable bonds is 2. The molecule has 1 aromatic carbocycles. The third kappa shape index (κ3) is 1.26. The molecular weight excluding hydrogens is 176 g/mol. The van der Waals surface area contributed by atoms with Gasteiger partial charge in [0.1, 0.15) is 0 Å². The molecular formula is C11H14N2O. The van der Waals surface area contributed by atoms with Crippen LogP contribution >= 0.6 is 0 Å². The number of nitrogens with zero attached hydrogens (tertiary/aromatic N) is 1. The minimum Gasteiger partial charge on any atom is -0.398 e. The first kappa shape index (κ1) is 9.09. The number of fused-ring (bicyclic) bond motifs is 1. The minimum atomic E-state index is 0.603. The van der Waals surface area contributed by atoms with E-state index in [4.69, 9.17) is 10.5 Å². The van der Waals surface area contributed by atoms with Crippen molar-refractivity contribution in [2.24, 2.45) is 7.05 Å². The quantitative estimate of drug-likeness (QED) is 0.735. The largest absolute Gasteiger partial charge is 0.398 e. The number of nitrogens with two attached hydrogens (primary N) is 1. The van der Waals surface area contributed by atoms with Gasteiger partial charge in [0.05, 0.1) is 12.1 Å². The van der Waals surface area contributed by atoms with E-state index in [-0.39, 0.29) is 0 Å². The molecule has 74 valence electrons. The smallest absolute Gasteiger partial charge is 0.0734 e. The standard InChI is InChI=1S/C11H14N2O/c1-13-6-8(7-14-2)11-9(12)4-3-5-10(11)13/h3-6H,7,12H2,1-2H3. The van der Waals surface area contributed by atoms with Crippen molar-refractivity contribution in [2.75, 3.05) is 12.8 Å². The number of benzene rings is 1. The molecule has 0 amide bonds. The number of hydrogen-bond acceptors (Lipinski definition) is 2. The summed E-state index contributed by atoms with van der Waals surface area (Å²) in [6.45, 7) is 0.603. The molecule has 2 N–H and O–H groups in total. The van der Waals surface area contributed by atoms with Crippen LogP contribution in [0.25, 0.3) is 10.9 Å². The Labute approximate surface area is 83.1 Å². The summed E-state index contributed by atoms with van der Waals surface area (Å²) in [5, 5.41) is 1.11. The van der Waals surface area contributed by atoms with Gasteiger partial charge in [0.25, 0.3) is 0 Å². The Morgan fingerprint density at radius 2 is 2.21 bits per heavy atom. The second-order valence-electron chi connectivity index (χ2n) is 3.44. The predicted octanol–water partition coefficient (Wildman–Crippen LogP) is 1.91. The molecule has 0 saturated carbocycles. The highest BCUT2D eigenvalue weighted by Crippen LogP contribution is 2.26. The maximum absolute atomic E-state index is 5.93. The van der Waals surface area contributed by atoms with Crippen LogP contribution < -0.4 is 5.73 Å². The zero-order chi connectivity index (χ0) is 10.1. The molecule has 0 unspecified atom stereocenters. The van der Waals surface area contributed by atoms with E-state index in [0.29, 0.717) is 6.61 Å². The van der Waals surface area contributed by atoms with Crippen molar-refractivity contribution in [2.45, 2.75) is 6.61 Å². The van der Waals surface area contributed by atoms with Crippen LogP contribution in [0, 0.1) is 0 Å². The molecule has 3 nitrogen and oxygen atoms in total. The SMILES string of the molecule is COCc1cn(C)c2cccc(N)c12. The monoisotopic (exact) mass is 190 g/mol. The van der Waals surface area contributed by atoms with Gasteiger partial charge in [-0.1, -0.05) is 6.07 Å². The number of aromatic nitrogens is 1. The first-order valence-electron chi connectivity index (χ1n) is 4.55. The Balaban J connectivity index is 2.72. The normalized spacial score (nSPS) is 11.0. The summed E-state index contributed by atoms with van der Waals surface area (Å²) in [7, 11) is 3.71. The van der Waals surface area contributed by atoms with Crippen molar-refractivity contribution in [3.05, 3.63) is 30.0 Å². The zero-order valence-corrected chi connectivity index (χ0v) is 8.45. The summed E-state index contributed by atoms with van der Waals surface area (Å²) < 4.78 is 7.20. The van der Waals surface area contributed by atoms with Crippen LogP contribution in [-0.4, -0.2) is 11.7 Å². The minimum absolute atomic E-state index is 0.603. The summed E-state index contributed by atoms with van der Waals surface area (Å²) in [5.74, 6) is 0. The molecule has 0 aliphatic heterocycles. The van der Waals surface area contributed by atoms with Crippen LogP contribution in [0.4, 0.5) is 5.69 Å². The number of nitrogen functional groups attached to an aromatic ring is 1. The van der Waals surface area contributed by atoms with E-state index in [0.717, 1.165) is 22.2 Å². The van der Waals surface area contributed by atoms with E-state index in [1.54, 1.807) is 7.11 Å². The Kier molecular flexibility index (Phi) is 2.17.